The standard InChI is InChI=1S/C17H16F3N3O4S/c1-9-5-4-6-11(14(16(24)25)23-26-3)12(9)8-27-22-10(2)15-21-7-13(28-15)17(18,19)20/h4-7H,8H2,1-3H3,(H,24,25)/b22-10+,23-14+. The van der Waals surface area contributed by atoms with Gasteiger partial charge in [-0.2, -0.15) is 13.2 Å². The Labute approximate surface area is 162 Å². The molecule has 28 heavy (non-hydrogen) atoms. The number of rotatable bonds is 7. The van der Waals surface area contributed by atoms with Gasteiger partial charge in [0.25, 0.3) is 0 Å². The lowest BCUT2D eigenvalue weighted by Crippen LogP contribution is -2.18. The second kappa shape index (κ2) is 8.83. The first-order valence-corrected chi connectivity index (χ1v) is 8.60. The summed E-state index contributed by atoms with van der Waals surface area (Å²) in [4.78, 5) is 24.1. The summed E-state index contributed by atoms with van der Waals surface area (Å²) in [5.74, 6) is -1.28. The smallest absolute Gasteiger partial charge is 0.427 e. The van der Waals surface area contributed by atoms with Crippen LogP contribution < -0.4 is 0 Å². The largest absolute Gasteiger partial charge is 0.476 e. The van der Waals surface area contributed by atoms with Crippen molar-refractivity contribution in [3.8, 4) is 0 Å². The van der Waals surface area contributed by atoms with E-state index in [9.17, 15) is 23.1 Å². The van der Waals surface area contributed by atoms with Gasteiger partial charge in [-0.05, 0) is 19.4 Å². The number of halogens is 3. The Hall–Kier alpha value is -2.95. The molecular formula is C17H16F3N3O4S. The topological polar surface area (TPSA) is 93.4 Å². The summed E-state index contributed by atoms with van der Waals surface area (Å²) in [7, 11) is 1.23. The predicted molar refractivity (Wildman–Crippen MR) is 96.5 cm³/mol. The number of hydrogen-bond donors (Lipinski definition) is 1. The molecule has 0 saturated carbocycles. The zero-order valence-electron chi connectivity index (χ0n) is 15.1. The first-order valence-electron chi connectivity index (χ1n) is 7.78. The maximum absolute atomic E-state index is 12.7. The monoisotopic (exact) mass is 415 g/mol. The van der Waals surface area contributed by atoms with E-state index in [1.54, 1.807) is 25.1 Å². The number of carboxylic acids is 1. The number of hydrogen-bond acceptors (Lipinski definition) is 7. The molecule has 0 aliphatic rings. The van der Waals surface area contributed by atoms with Crippen LogP contribution in [-0.2, 0) is 27.3 Å². The third-order valence-corrected chi connectivity index (χ3v) is 4.71. The Morgan fingerprint density at radius 3 is 2.61 bits per heavy atom. The van der Waals surface area contributed by atoms with Crippen molar-refractivity contribution in [2.75, 3.05) is 7.11 Å². The van der Waals surface area contributed by atoms with E-state index in [-0.39, 0.29) is 28.6 Å². The fraction of sp³-hybridized carbons (Fsp3) is 0.294. The molecule has 1 aromatic heterocycles. The van der Waals surface area contributed by atoms with Crippen LogP contribution in [0.3, 0.4) is 0 Å². The van der Waals surface area contributed by atoms with Crippen molar-refractivity contribution in [3.63, 3.8) is 0 Å². The lowest BCUT2D eigenvalue weighted by molar-refractivity contribution is -0.134. The maximum Gasteiger partial charge on any atom is 0.427 e. The van der Waals surface area contributed by atoms with E-state index in [2.05, 4.69) is 20.1 Å². The van der Waals surface area contributed by atoms with Gasteiger partial charge in [0.2, 0.25) is 0 Å². The Kier molecular flexibility index (Phi) is 6.73. The van der Waals surface area contributed by atoms with Crippen LogP contribution >= 0.6 is 11.3 Å². The number of thiazole rings is 1. The van der Waals surface area contributed by atoms with Gasteiger partial charge in [-0.3, -0.25) is 0 Å². The minimum absolute atomic E-state index is 0.0736. The molecule has 150 valence electrons. The zero-order chi connectivity index (χ0) is 20.9. The molecule has 2 aromatic rings. The van der Waals surface area contributed by atoms with Crippen molar-refractivity contribution in [1.82, 2.24) is 4.98 Å². The number of carbonyl (C=O) groups is 1. The van der Waals surface area contributed by atoms with Crippen LogP contribution in [0.1, 0.15) is 33.5 Å². The van der Waals surface area contributed by atoms with Gasteiger partial charge in [-0.1, -0.05) is 28.5 Å². The summed E-state index contributed by atoms with van der Waals surface area (Å²) in [6.45, 7) is 3.10. The molecule has 0 spiro atoms. The molecule has 1 heterocycles. The van der Waals surface area contributed by atoms with E-state index in [1.165, 1.54) is 14.0 Å². The lowest BCUT2D eigenvalue weighted by atomic mass is 9.99. The molecule has 11 heteroatoms. The van der Waals surface area contributed by atoms with E-state index < -0.39 is 17.0 Å². The van der Waals surface area contributed by atoms with Crippen LogP contribution in [0.15, 0.2) is 34.7 Å². The fourth-order valence-corrected chi connectivity index (χ4v) is 2.94. The molecule has 2 rings (SSSR count). The number of oxime groups is 2. The maximum atomic E-state index is 12.7. The number of alkyl halides is 3. The van der Waals surface area contributed by atoms with Crippen LogP contribution in [0.4, 0.5) is 13.2 Å². The van der Waals surface area contributed by atoms with Gasteiger partial charge in [-0.25, -0.2) is 9.78 Å². The lowest BCUT2D eigenvalue weighted by Gasteiger charge is -2.11. The fourth-order valence-electron chi connectivity index (χ4n) is 2.22. The molecule has 7 nitrogen and oxygen atoms in total. The second-order valence-corrected chi connectivity index (χ2v) is 6.54. The average Bonchev–Trinajstić information content (AvgIpc) is 3.11. The van der Waals surface area contributed by atoms with Gasteiger partial charge >= 0.3 is 12.1 Å². The van der Waals surface area contributed by atoms with Crippen molar-refractivity contribution in [1.29, 1.82) is 0 Å². The van der Waals surface area contributed by atoms with Gasteiger partial charge in [0, 0.05) is 11.1 Å². The van der Waals surface area contributed by atoms with Crippen LogP contribution in [0, 0.1) is 6.92 Å². The van der Waals surface area contributed by atoms with E-state index in [0.29, 0.717) is 16.9 Å². The molecule has 1 N–H and O–H groups in total. The van der Waals surface area contributed by atoms with E-state index in [1.807, 2.05) is 0 Å². The number of benzene rings is 1. The van der Waals surface area contributed by atoms with Crippen molar-refractivity contribution >= 4 is 28.7 Å². The third-order valence-electron chi connectivity index (χ3n) is 3.56. The molecule has 0 saturated heterocycles. The summed E-state index contributed by atoms with van der Waals surface area (Å²) in [5, 5.41) is 16.7. The molecule has 0 unspecified atom stereocenters. The highest BCUT2D eigenvalue weighted by molar-refractivity contribution is 7.13. The number of nitrogens with zero attached hydrogens (tertiary/aromatic N) is 3. The van der Waals surface area contributed by atoms with Crippen molar-refractivity contribution < 1.29 is 32.7 Å². The number of aromatic nitrogens is 1. The molecule has 0 bridgehead atoms. The van der Waals surface area contributed by atoms with E-state index in [0.717, 1.165) is 11.8 Å². The molecule has 0 atom stereocenters. The van der Waals surface area contributed by atoms with Gasteiger partial charge < -0.3 is 14.8 Å². The van der Waals surface area contributed by atoms with Crippen molar-refractivity contribution in [3.05, 3.63) is 51.0 Å². The Balaban J connectivity index is 2.23. The number of aryl methyl sites for hydroxylation is 1. The highest BCUT2D eigenvalue weighted by Crippen LogP contribution is 2.33. The van der Waals surface area contributed by atoms with Gasteiger partial charge in [0.05, 0.1) is 6.20 Å². The average molecular weight is 415 g/mol. The second-order valence-electron chi connectivity index (χ2n) is 5.51. The molecule has 1 aromatic carbocycles. The molecule has 0 fully saturated rings. The Bertz CT molecular complexity index is 923. The van der Waals surface area contributed by atoms with Crippen LogP contribution in [0.5, 0.6) is 0 Å². The van der Waals surface area contributed by atoms with Crippen molar-refractivity contribution in [2.45, 2.75) is 26.6 Å². The first-order chi connectivity index (χ1) is 13.1. The molecule has 0 amide bonds. The van der Waals surface area contributed by atoms with E-state index in [4.69, 9.17) is 4.84 Å². The highest BCUT2D eigenvalue weighted by Gasteiger charge is 2.33. The van der Waals surface area contributed by atoms with Crippen LogP contribution in [-0.4, -0.2) is 34.6 Å². The number of aliphatic carboxylic acids is 1. The minimum Gasteiger partial charge on any atom is -0.476 e. The molecule has 0 radical (unpaired) electrons. The quantitative estimate of drug-likeness (QED) is 0.548. The molecule has 0 aliphatic heterocycles. The summed E-state index contributed by atoms with van der Waals surface area (Å²) < 4.78 is 38.0. The van der Waals surface area contributed by atoms with Gasteiger partial charge in [-0.15, -0.1) is 11.3 Å². The van der Waals surface area contributed by atoms with Gasteiger partial charge in [0.1, 0.15) is 29.3 Å². The number of carboxylic acid groups (broad SMARTS) is 1. The minimum atomic E-state index is -4.47. The highest BCUT2D eigenvalue weighted by atomic mass is 32.1. The summed E-state index contributed by atoms with van der Waals surface area (Å²) in [6, 6.07) is 4.96. The SMILES string of the molecule is CO/N=C(/C(=O)O)c1cccc(C)c1CO/N=C(\C)c1ncc(C(F)(F)F)s1. The molecule has 0 aliphatic carbocycles. The third kappa shape index (κ3) is 5.06. The van der Waals surface area contributed by atoms with E-state index >= 15 is 0 Å². The summed E-state index contributed by atoms with van der Waals surface area (Å²) in [6.07, 6.45) is -3.74. The van der Waals surface area contributed by atoms with Gasteiger partial charge in [0.15, 0.2) is 5.71 Å². The Morgan fingerprint density at radius 1 is 1.32 bits per heavy atom. The van der Waals surface area contributed by atoms with Crippen LogP contribution in [0.2, 0.25) is 0 Å². The van der Waals surface area contributed by atoms with Crippen LogP contribution in [0.25, 0.3) is 0 Å². The summed E-state index contributed by atoms with van der Waals surface area (Å²) in [5.41, 5.74) is 1.38. The summed E-state index contributed by atoms with van der Waals surface area (Å²) >= 11 is 0.456. The molecular weight excluding hydrogens is 399 g/mol. The Morgan fingerprint density at radius 2 is 2.04 bits per heavy atom. The normalized spacial score (nSPS) is 12.8. The zero-order valence-corrected chi connectivity index (χ0v) is 15.9. The predicted octanol–water partition coefficient (Wildman–Crippen LogP) is 3.85. The first kappa shape index (κ1) is 21.4. The van der Waals surface area contributed by atoms with Crippen molar-refractivity contribution in [2.24, 2.45) is 10.3 Å².